The SMILES string of the molecule is CSC=CC=CCC1=C(C)Cc2c(c3ccccc3n2-c2ccc(C3=CC=C(C(C)C(Cc4ccc(-c5ccccc5)cc4)c4ccc(-c5cc6ccccc6s5)cc4)CC3)cc2)CC1. The second-order valence-electron chi connectivity index (χ2n) is 17.9. The van der Waals surface area contributed by atoms with E-state index < -0.39 is 0 Å². The van der Waals surface area contributed by atoms with E-state index in [2.05, 4.69) is 218 Å². The smallest absolute Gasteiger partial charge is 0.0534 e. The first-order valence-corrected chi connectivity index (χ1v) is 25.5. The predicted molar refractivity (Wildman–Crippen MR) is 284 cm³/mol. The fourth-order valence-corrected chi connectivity index (χ4v) is 11.7. The molecule has 0 spiro atoms. The summed E-state index contributed by atoms with van der Waals surface area (Å²) in [6.45, 7) is 4.82. The van der Waals surface area contributed by atoms with Gasteiger partial charge < -0.3 is 4.57 Å². The van der Waals surface area contributed by atoms with Gasteiger partial charge in [0.05, 0.1) is 5.52 Å². The maximum absolute atomic E-state index is 2.55. The Hall–Kier alpha value is -6.13. The van der Waals surface area contributed by atoms with Crippen LogP contribution in [0, 0.1) is 5.92 Å². The molecule has 0 bridgehead atoms. The normalized spacial score (nSPS) is 15.4. The molecule has 6 aromatic carbocycles. The Balaban J connectivity index is 0.908. The van der Waals surface area contributed by atoms with Gasteiger partial charge in [-0.15, -0.1) is 23.1 Å². The van der Waals surface area contributed by atoms with Gasteiger partial charge in [-0.05, 0) is 149 Å². The van der Waals surface area contributed by atoms with E-state index in [0.717, 1.165) is 44.9 Å². The van der Waals surface area contributed by atoms with E-state index in [4.69, 9.17) is 0 Å². The summed E-state index contributed by atoms with van der Waals surface area (Å²) in [7, 11) is 0. The van der Waals surface area contributed by atoms with Crippen LogP contribution in [0.4, 0.5) is 0 Å². The molecule has 0 saturated heterocycles. The number of nitrogens with zero attached hydrogens (tertiary/aromatic N) is 1. The molecule has 0 amide bonds. The lowest BCUT2D eigenvalue weighted by molar-refractivity contribution is 0.503. The van der Waals surface area contributed by atoms with Crippen LogP contribution in [-0.2, 0) is 19.3 Å². The molecule has 65 heavy (non-hydrogen) atoms. The largest absolute Gasteiger partial charge is 0.313 e. The molecule has 1 nitrogen and oxygen atoms in total. The van der Waals surface area contributed by atoms with Crippen molar-refractivity contribution in [1.82, 2.24) is 4.57 Å². The Morgan fingerprint density at radius 3 is 2.17 bits per heavy atom. The summed E-state index contributed by atoms with van der Waals surface area (Å²) in [6, 6.07) is 59.0. The maximum atomic E-state index is 2.55. The quantitative estimate of drug-likeness (QED) is 0.0825. The highest BCUT2D eigenvalue weighted by atomic mass is 32.2. The van der Waals surface area contributed by atoms with Crippen molar-refractivity contribution in [2.75, 3.05) is 6.26 Å². The third-order valence-corrected chi connectivity index (χ3v) is 15.7. The molecular formula is C62H57NS2. The molecule has 0 N–H and O–H groups in total. The van der Waals surface area contributed by atoms with E-state index in [9.17, 15) is 0 Å². The fourth-order valence-electron chi connectivity index (χ4n) is 10.3. The molecule has 2 aliphatic carbocycles. The summed E-state index contributed by atoms with van der Waals surface area (Å²) in [4.78, 5) is 1.33. The van der Waals surface area contributed by atoms with Crippen LogP contribution in [0.2, 0.25) is 0 Å². The molecule has 2 heterocycles. The molecule has 0 radical (unpaired) electrons. The van der Waals surface area contributed by atoms with E-state index in [0.29, 0.717) is 11.8 Å². The van der Waals surface area contributed by atoms with Crippen LogP contribution >= 0.6 is 23.1 Å². The second-order valence-corrected chi connectivity index (χ2v) is 19.8. The van der Waals surface area contributed by atoms with Crippen molar-refractivity contribution in [3.63, 3.8) is 0 Å². The van der Waals surface area contributed by atoms with Crippen molar-refractivity contribution in [2.45, 2.75) is 64.7 Å². The molecular weight excluding hydrogens is 823 g/mol. The minimum atomic E-state index is 0.356. The predicted octanol–water partition coefficient (Wildman–Crippen LogP) is 17.6. The summed E-state index contributed by atoms with van der Waals surface area (Å²) in [5, 5.41) is 4.86. The standard InChI is InChI=1S/C62H57NS2/c1-43-40-60-57(38-35-46(43)14-8-5-13-39-64-3)56-18-10-11-19-59(56)63(60)55-36-33-51(34-37-55)50-27-25-47(26-28-50)44(2)58(41-45-21-23-49(24-22-45)48-15-6-4-7-16-48)52-29-31-53(32-30-52)62-42-54-17-9-12-20-61(54)65-62/h4-13,15-25,27,29-34,36-37,39,42,44,58H,14,26,28,35,38,40-41H2,1-3H3. The van der Waals surface area contributed by atoms with E-state index in [1.165, 1.54) is 87.3 Å². The maximum Gasteiger partial charge on any atom is 0.0534 e. The van der Waals surface area contributed by atoms with Crippen molar-refractivity contribution in [2.24, 2.45) is 5.92 Å². The number of allylic oxidation sites excluding steroid dienone is 9. The minimum absolute atomic E-state index is 0.356. The third kappa shape index (κ3) is 9.23. The Morgan fingerprint density at radius 2 is 1.40 bits per heavy atom. The van der Waals surface area contributed by atoms with Gasteiger partial charge in [-0.3, -0.25) is 0 Å². The molecule has 0 fully saturated rings. The zero-order valence-corrected chi connectivity index (χ0v) is 39.5. The fraction of sp³-hybridized carbons (Fsp3) is 0.194. The van der Waals surface area contributed by atoms with Crippen molar-refractivity contribution in [3.8, 4) is 27.3 Å². The lowest BCUT2D eigenvalue weighted by Gasteiger charge is -2.29. The van der Waals surface area contributed by atoms with Gasteiger partial charge in [0.2, 0.25) is 0 Å². The first-order valence-electron chi connectivity index (χ1n) is 23.4. The number of thiophene rings is 1. The number of hydrogen-bond donors (Lipinski definition) is 0. The zero-order valence-electron chi connectivity index (χ0n) is 37.8. The van der Waals surface area contributed by atoms with Gasteiger partial charge in [0, 0.05) is 32.8 Å². The molecule has 2 atom stereocenters. The summed E-state index contributed by atoms with van der Waals surface area (Å²) in [5.74, 6) is 0.747. The van der Waals surface area contributed by atoms with Gasteiger partial charge >= 0.3 is 0 Å². The van der Waals surface area contributed by atoms with Crippen LogP contribution < -0.4 is 0 Å². The lowest BCUT2D eigenvalue weighted by Crippen LogP contribution is -2.16. The van der Waals surface area contributed by atoms with Crippen LogP contribution in [0.5, 0.6) is 0 Å². The summed E-state index contributed by atoms with van der Waals surface area (Å²) >= 11 is 3.62. The molecule has 3 heteroatoms. The monoisotopic (exact) mass is 879 g/mol. The topological polar surface area (TPSA) is 4.93 Å². The van der Waals surface area contributed by atoms with Crippen LogP contribution in [0.3, 0.4) is 0 Å². The number of benzene rings is 6. The minimum Gasteiger partial charge on any atom is -0.313 e. The molecule has 0 aliphatic heterocycles. The van der Waals surface area contributed by atoms with Gasteiger partial charge in [0.25, 0.3) is 0 Å². The first-order chi connectivity index (χ1) is 32.0. The summed E-state index contributed by atoms with van der Waals surface area (Å²) in [5.41, 5.74) is 19.5. The van der Waals surface area contributed by atoms with Crippen molar-refractivity contribution >= 4 is 49.7 Å². The Morgan fingerprint density at radius 1 is 0.677 bits per heavy atom. The van der Waals surface area contributed by atoms with Gasteiger partial charge in [0.15, 0.2) is 0 Å². The Kier molecular flexibility index (Phi) is 12.9. The van der Waals surface area contributed by atoms with Crippen LogP contribution in [-0.4, -0.2) is 10.8 Å². The Labute approximate surface area is 394 Å². The van der Waals surface area contributed by atoms with E-state index in [-0.39, 0.29) is 0 Å². The van der Waals surface area contributed by atoms with E-state index in [1.807, 2.05) is 11.3 Å². The van der Waals surface area contributed by atoms with E-state index in [1.54, 1.807) is 22.9 Å². The van der Waals surface area contributed by atoms with Crippen molar-refractivity contribution < 1.29 is 0 Å². The number of para-hydroxylation sites is 1. The summed E-state index contributed by atoms with van der Waals surface area (Å²) in [6.07, 6.45) is 21.0. The highest BCUT2D eigenvalue weighted by Crippen LogP contribution is 2.42. The van der Waals surface area contributed by atoms with Crippen LogP contribution in [0.15, 0.2) is 210 Å². The van der Waals surface area contributed by atoms with Gasteiger partial charge in [-0.25, -0.2) is 0 Å². The molecule has 2 aliphatic rings. The number of hydrogen-bond acceptors (Lipinski definition) is 2. The third-order valence-electron chi connectivity index (χ3n) is 14.1. The number of thioether (sulfide) groups is 1. The number of fused-ring (bicyclic) bond motifs is 4. The molecule has 0 saturated carbocycles. The Bertz CT molecular complexity index is 3060. The average molecular weight is 880 g/mol. The number of aromatic nitrogens is 1. The number of aryl methyl sites for hydroxylation is 1. The molecule has 8 aromatic rings. The lowest BCUT2D eigenvalue weighted by atomic mass is 9.75. The summed E-state index contributed by atoms with van der Waals surface area (Å²) < 4.78 is 3.89. The zero-order chi connectivity index (χ0) is 44.1. The van der Waals surface area contributed by atoms with E-state index >= 15 is 0 Å². The molecule has 322 valence electrons. The molecule has 2 aromatic heterocycles. The van der Waals surface area contributed by atoms with Crippen LogP contribution in [0.25, 0.3) is 53.8 Å². The van der Waals surface area contributed by atoms with Crippen molar-refractivity contribution in [1.29, 1.82) is 0 Å². The van der Waals surface area contributed by atoms with Crippen molar-refractivity contribution in [3.05, 3.63) is 238 Å². The average Bonchev–Trinajstić information content (AvgIpc) is 3.89. The van der Waals surface area contributed by atoms with Crippen LogP contribution in [0.1, 0.15) is 73.4 Å². The van der Waals surface area contributed by atoms with Gasteiger partial charge in [0.1, 0.15) is 0 Å². The molecule has 10 rings (SSSR count). The highest BCUT2D eigenvalue weighted by molar-refractivity contribution is 8.01. The molecule has 2 unspecified atom stereocenters. The number of rotatable bonds is 13. The van der Waals surface area contributed by atoms with Gasteiger partial charge in [-0.1, -0.05) is 181 Å². The highest BCUT2D eigenvalue weighted by Gasteiger charge is 2.26. The second kappa shape index (κ2) is 19.5. The first kappa shape index (κ1) is 42.8. The van der Waals surface area contributed by atoms with Gasteiger partial charge in [-0.2, -0.15) is 0 Å².